The highest BCUT2D eigenvalue weighted by Crippen LogP contribution is 2.38. The van der Waals surface area contributed by atoms with Crippen molar-refractivity contribution in [2.75, 3.05) is 13.7 Å². The first-order valence-corrected chi connectivity index (χ1v) is 8.97. The Morgan fingerprint density at radius 2 is 1.77 bits per heavy atom. The highest BCUT2D eigenvalue weighted by Gasteiger charge is 2.54. The lowest BCUT2D eigenvalue weighted by molar-refractivity contribution is -0.174. The zero-order chi connectivity index (χ0) is 22.7. The van der Waals surface area contributed by atoms with Crippen LogP contribution in [0.5, 0.6) is 5.75 Å². The van der Waals surface area contributed by atoms with E-state index in [0.29, 0.717) is 24.2 Å². The zero-order valence-corrected chi connectivity index (χ0v) is 15.9. The van der Waals surface area contributed by atoms with Gasteiger partial charge in [-0.2, -0.15) is 22.0 Å². The van der Waals surface area contributed by atoms with Gasteiger partial charge in [0.2, 0.25) is 5.91 Å². The maximum Gasteiger partial charge on any atom is 0.405 e. The first kappa shape index (κ1) is 23.8. The fourth-order valence-electron chi connectivity index (χ4n) is 2.78. The fourth-order valence-corrected chi connectivity index (χ4v) is 2.78. The van der Waals surface area contributed by atoms with Crippen LogP contribution in [0.3, 0.4) is 0 Å². The molecule has 1 aliphatic rings. The number of benzene rings is 1. The minimum atomic E-state index is -4.90. The summed E-state index contributed by atoms with van der Waals surface area (Å²) in [6, 6.07) is 3.23. The Labute approximate surface area is 168 Å². The molecule has 3 atom stereocenters. The first-order chi connectivity index (χ1) is 13.9. The second kappa shape index (κ2) is 9.13. The molecule has 1 aromatic rings. The Morgan fingerprint density at radius 3 is 2.23 bits per heavy atom. The largest absolute Gasteiger partial charge is 0.497 e. The van der Waals surface area contributed by atoms with Crippen molar-refractivity contribution in [2.45, 2.75) is 43.1 Å². The molecule has 30 heavy (non-hydrogen) atoms. The number of aliphatic hydroxyl groups is 1. The lowest BCUT2D eigenvalue weighted by Gasteiger charge is -2.30. The number of rotatable bonds is 9. The molecule has 1 fully saturated rings. The van der Waals surface area contributed by atoms with Crippen LogP contribution >= 0.6 is 0 Å². The van der Waals surface area contributed by atoms with Gasteiger partial charge in [-0.05, 0) is 36.5 Å². The maximum absolute atomic E-state index is 14.3. The molecule has 2 rings (SSSR count). The zero-order valence-electron chi connectivity index (χ0n) is 15.9. The summed E-state index contributed by atoms with van der Waals surface area (Å²) in [5, 5.41) is 13.3. The number of hydrogen-bond acceptors (Lipinski definition) is 5. The standard InChI is InChI=1S/C18H22F5N3O4/c1-30-11-6-4-9(5-7-11)12(24)15(28)26-13(10-2-3-10)14(27)18(22,23)16(29)25-8-17(19,20)21/h4-7,10,12-14,27H,2-3,8,24H2,1H3,(H,25,29)(H,26,28). The average molecular weight is 439 g/mol. The van der Waals surface area contributed by atoms with Crippen molar-refractivity contribution in [1.82, 2.24) is 10.6 Å². The van der Waals surface area contributed by atoms with Crippen molar-refractivity contribution >= 4 is 11.8 Å². The van der Waals surface area contributed by atoms with Crippen LogP contribution in [0, 0.1) is 5.92 Å². The van der Waals surface area contributed by atoms with E-state index in [1.807, 2.05) is 0 Å². The number of halogens is 5. The summed E-state index contributed by atoms with van der Waals surface area (Å²) in [5.74, 6) is -7.79. The number of methoxy groups -OCH3 is 1. The normalized spacial score (nSPS) is 17.6. The van der Waals surface area contributed by atoms with Crippen molar-refractivity contribution < 1.29 is 41.4 Å². The minimum absolute atomic E-state index is 0.340. The van der Waals surface area contributed by atoms with Crippen molar-refractivity contribution in [2.24, 2.45) is 11.7 Å². The molecule has 0 heterocycles. The van der Waals surface area contributed by atoms with Gasteiger partial charge in [0.15, 0.2) is 0 Å². The average Bonchev–Trinajstić information content (AvgIpc) is 3.53. The lowest BCUT2D eigenvalue weighted by atomic mass is 9.98. The number of hydrogen-bond donors (Lipinski definition) is 4. The van der Waals surface area contributed by atoms with Gasteiger partial charge < -0.3 is 26.2 Å². The Bertz CT molecular complexity index is 753. The van der Waals surface area contributed by atoms with Gasteiger partial charge in [-0.15, -0.1) is 0 Å². The van der Waals surface area contributed by atoms with E-state index in [1.165, 1.54) is 31.4 Å². The Kier molecular flexibility index (Phi) is 7.24. The molecule has 2 amide bonds. The van der Waals surface area contributed by atoms with Crippen LogP contribution in [-0.4, -0.2) is 54.8 Å². The molecule has 0 aliphatic heterocycles. The molecule has 0 saturated heterocycles. The maximum atomic E-state index is 14.3. The van der Waals surface area contributed by atoms with E-state index >= 15 is 0 Å². The van der Waals surface area contributed by atoms with Gasteiger partial charge in [-0.25, -0.2) is 0 Å². The van der Waals surface area contributed by atoms with Crippen LogP contribution in [0.2, 0.25) is 0 Å². The van der Waals surface area contributed by atoms with Gasteiger partial charge in [0, 0.05) is 0 Å². The summed E-state index contributed by atoms with van der Waals surface area (Å²) >= 11 is 0. The van der Waals surface area contributed by atoms with Gasteiger partial charge in [0.25, 0.3) is 5.91 Å². The molecular formula is C18H22F5N3O4. The van der Waals surface area contributed by atoms with E-state index in [-0.39, 0.29) is 0 Å². The van der Waals surface area contributed by atoms with E-state index in [4.69, 9.17) is 10.5 Å². The Hall–Kier alpha value is -2.47. The quantitative estimate of drug-likeness (QED) is 0.433. The Balaban J connectivity index is 2.08. The second-order valence-corrected chi connectivity index (χ2v) is 6.99. The van der Waals surface area contributed by atoms with E-state index in [1.54, 1.807) is 0 Å². The predicted molar refractivity (Wildman–Crippen MR) is 94.6 cm³/mol. The van der Waals surface area contributed by atoms with Crippen molar-refractivity contribution in [3.05, 3.63) is 29.8 Å². The Morgan fingerprint density at radius 1 is 1.20 bits per heavy atom. The van der Waals surface area contributed by atoms with E-state index in [0.717, 1.165) is 5.32 Å². The van der Waals surface area contributed by atoms with Crippen LogP contribution in [-0.2, 0) is 9.59 Å². The third-order valence-corrected chi connectivity index (χ3v) is 4.66. The minimum Gasteiger partial charge on any atom is -0.497 e. The van der Waals surface area contributed by atoms with Crippen LogP contribution < -0.4 is 21.1 Å². The van der Waals surface area contributed by atoms with Crippen LogP contribution in [0.15, 0.2) is 24.3 Å². The monoisotopic (exact) mass is 439 g/mol. The molecule has 5 N–H and O–H groups in total. The van der Waals surface area contributed by atoms with E-state index < -0.39 is 54.6 Å². The van der Waals surface area contributed by atoms with Crippen molar-refractivity contribution in [1.29, 1.82) is 0 Å². The van der Waals surface area contributed by atoms with E-state index in [2.05, 4.69) is 5.32 Å². The summed E-state index contributed by atoms with van der Waals surface area (Å²) in [6.45, 7) is -1.98. The number of amides is 2. The predicted octanol–water partition coefficient (Wildman–Crippen LogP) is 1.26. The SMILES string of the molecule is COc1ccc(C(N)C(=O)NC(C2CC2)C(O)C(F)(F)C(=O)NCC(F)(F)F)cc1. The van der Waals surface area contributed by atoms with Gasteiger partial charge in [0.1, 0.15) is 24.4 Å². The summed E-state index contributed by atoms with van der Waals surface area (Å²) in [7, 11) is 1.44. The second-order valence-electron chi connectivity index (χ2n) is 6.99. The van der Waals surface area contributed by atoms with Gasteiger partial charge in [0.05, 0.1) is 13.2 Å². The summed E-state index contributed by atoms with van der Waals surface area (Å²) in [4.78, 5) is 24.0. The van der Waals surface area contributed by atoms with Crippen molar-refractivity contribution in [3.63, 3.8) is 0 Å². The smallest absolute Gasteiger partial charge is 0.405 e. The molecule has 1 saturated carbocycles. The highest BCUT2D eigenvalue weighted by atomic mass is 19.4. The van der Waals surface area contributed by atoms with E-state index in [9.17, 15) is 36.6 Å². The third-order valence-electron chi connectivity index (χ3n) is 4.66. The summed E-state index contributed by atoms with van der Waals surface area (Å²) in [5.41, 5.74) is 6.18. The first-order valence-electron chi connectivity index (χ1n) is 8.97. The summed E-state index contributed by atoms with van der Waals surface area (Å²) in [6.07, 6.45) is -6.85. The van der Waals surface area contributed by atoms with Crippen LogP contribution in [0.25, 0.3) is 0 Å². The molecule has 0 bridgehead atoms. The number of aliphatic hydroxyl groups excluding tert-OH is 1. The van der Waals surface area contributed by atoms with Crippen molar-refractivity contribution in [3.8, 4) is 5.75 Å². The number of alkyl halides is 5. The number of carbonyl (C=O) groups is 2. The molecule has 3 unspecified atom stereocenters. The molecule has 1 aliphatic carbocycles. The number of nitrogens with one attached hydrogen (secondary N) is 2. The van der Waals surface area contributed by atoms with Gasteiger partial charge >= 0.3 is 12.1 Å². The fraction of sp³-hybridized carbons (Fsp3) is 0.556. The molecule has 1 aromatic carbocycles. The molecule has 0 aromatic heterocycles. The van der Waals surface area contributed by atoms with Crippen LogP contribution in [0.4, 0.5) is 22.0 Å². The molecule has 7 nitrogen and oxygen atoms in total. The third kappa shape index (κ3) is 6.02. The number of ether oxygens (including phenoxy) is 1. The number of carbonyl (C=O) groups excluding carboxylic acids is 2. The molecular weight excluding hydrogens is 417 g/mol. The molecule has 0 spiro atoms. The highest BCUT2D eigenvalue weighted by molar-refractivity contribution is 5.85. The summed E-state index contributed by atoms with van der Waals surface area (Å²) < 4.78 is 70.0. The van der Waals surface area contributed by atoms with Crippen LogP contribution in [0.1, 0.15) is 24.4 Å². The topological polar surface area (TPSA) is 114 Å². The lowest BCUT2D eigenvalue weighted by Crippen LogP contribution is -2.59. The van der Waals surface area contributed by atoms with Gasteiger partial charge in [-0.1, -0.05) is 12.1 Å². The van der Waals surface area contributed by atoms with Gasteiger partial charge in [-0.3, -0.25) is 9.59 Å². The molecule has 12 heteroatoms. The number of nitrogens with two attached hydrogens (primary N) is 1. The molecule has 168 valence electrons. The molecule has 0 radical (unpaired) electrons.